The zero-order valence-corrected chi connectivity index (χ0v) is 18.0. The van der Waals surface area contributed by atoms with Gasteiger partial charge in [-0.3, -0.25) is 4.79 Å². The summed E-state index contributed by atoms with van der Waals surface area (Å²) in [7, 11) is 0. The Morgan fingerprint density at radius 1 is 1.34 bits per heavy atom. The van der Waals surface area contributed by atoms with Crippen LogP contribution in [-0.2, 0) is 0 Å². The highest BCUT2D eigenvalue weighted by atomic mass is 35.5. The molecule has 0 radical (unpaired) electrons. The second-order valence-corrected chi connectivity index (χ2v) is 8.26. The molecule has 8 heteroatoms. The first kappa shape index (κ1) is 21.5. The van der Waals surface area contributed by atoms with Gasteiger partial charge in [-0.05, 0) is 67.2 Å². The molecule has 3 aromatic rings. The molecule has 1 fully saturated rings. The van der Waals surface area contributed by atoms with Crippen LogP contribution in [0.25, 0.3) is 21.2 Å². The number of aromatic nitrogens is 1. The Morgan fingerprint density at radius 3 is 2.86 bits per heavy atom. The van der Waals surface area contributed by atoms with E-state index in [1.807, 2.05) is 24.0 Å². The lowest BCUT2D eigenvalue weighted by Crippen LogP contribution is -2.56. The summed E-state index contributed by atoms with van der Waals surface area (Å²) in [6.45, 7) is 7.11. The van der Waals surface area contributed by atoms with Crippen LogP contribution >= 0.6 is 23.9 Å². The van der Waals surface area contributed by atoms with Gasteiger partial charge in [0.15, 0.2) is 11.6 Å². The van der Waals surface area contributed by atoms with Gasteiger partial charge in [-0.2, -0.15) is 4.37 Å². The van der Waals surface area contributed by atoms with Crippen molar-refractivity contribution in [2.75, 3.05) is 13.1 Å². The van der Waals surface area contributed by atoms with Gasteiger partial charge < -0.3 is 15.3 Å². The normalized spacial score (nSPS) is 19.2. The third-order valence-corrected chi connectivity index (χ3v) is 6.24. The van der Waals surface area contributed by atoms with Gasteiger partial charge in [0.05, 0.1) is 10.3 Å². The van der Waals surface area contributed by atoms with E-state index in [9.17, 15) is 14.3 Å². The summed E-state index contributed by atoms with van der Waals surface area (Å²) in [5, 5.41) is 13.9. The maximum absolute atomic E-state index is 14.2. The van der Waals surface area contributed by atoms with E-state index >= 15 is 0 Å². The molecule has 0 saturated carbocycles. The zero-order valence-electron chi connectivity index (χ0n) is 16.4. The first-order valence-corrected chi connectivity index (χ1v) is 10.1. The lowest BCUT2D eigenvalue weighted by Gasteiger charge is -2.37. The molecule has 2 atom stereocenters. The van der Waals surface area contributed by atoms with Gasteiger partial charge in [-0.25, -0.2) is 4.39 Å². The first-order valence-electron chi connectivity index (χ1n) is 9.28. The summed E-state index contributed by atoms with van der Waals surface area (Å²) in [6.07, 6.45) is 1.73. The standard InChI is InChI=1S/C21H22FN3O2S.ClH/c1-11-10-25(12(2)8-23-11)21(27)17-7-14(6-15-9-24-28-20(15)17)16-4-5-18(26)19(22)13(16)3;/h4-7,9,11-12,23,26H,8,10H2,1-3H3;1H/t11-,12+;/m1./s1. The van der Waals surface area contributed by atoms with Crippen molar-refractivity contribution >= 4 is 39.9 Å². The summed E-state index contributed by atoms with van der Waals surface area (Å²) in [5.41, 5.74) is 2.33. The Balaban J connectivity index is 0.00000240. The maximum Gasteiger partial charge on any atom is 0.255 e. The van der Waals surface area contributed by atoms with Crippen LogP contribution in [0.3, 0.4) is 0 Å². The number of phenolic OH excluding ortho intramolecular Hbond substituents is 1. The number of rotatable bonds is 2. The van der Waals surface area contributed by atoms with Crippen molar-refractivity contribution in [3.8, 4) is 16.9 Å². The van der Waals surface area contributed by atoms with Crippen LogP contribution in [0.5, 0.6) is 5.75 Å². The highest BCUT2D eigenvalue weighted by Crippen LogP contribution is 2.35. The highest BCUT2D eigenvalue weighted by Gasteiger charge is 2.29. The van der Waals surface area contributed by atoms with Gasteiger partial charge in [-0.15, -0.1) is 12.4 Å². The zero-order chi connectivity index (χ0) is 20.0. The fraction of sp³-hybridized carbons (Fsp3) is 0.333. The van der Waals surface area contributed by atoms with Gasteiger partial charge >= 0.3 is 0 Å². The van der Waals surface area contributed by atoms with E-state index in [0.717, 1.165) is 22.2 Å². The molecule has 0 spiro atoms. The lowest BCUT2D eigenvalue weighted by atomic mass is 9.96. The molecule has 1 aromatic heterocycles. The fourth-order valence-electron chi connectivity index (χ4n) is 3.74. The minimum absolute atomic E-state index is 0. The third kappa shape index (κ3) is 3.82. The van der Waals surface area contributed by atoms with Gasteiger partial charge in [0.1, 0.15) is 0 Å². The number of nitrogens with zero attached hydrogens (tertiary/aromatic N) is 2. The molecule has 2 N–H and O–H groups in total. The van der Waals surface area contributed by atoms with Gasteiger partial charge in [-0.1, -0.05) is 6.07 Å². The van der Waals surface area contributed by atoms with E-state index < -0.39 is 5.82 Å². The Morgan fingerprint density at radius 2 is 2.10 bits per heavy atom. The molecular formula is C21H23ClFN3O2S. The Labute approximate surface area is 179 Å². The molecule has 29 heavy (non-hydrogen) atoms. The average Bonchev–Trinajstić information content (AvgIpc) is 3.15. The molecule has 1 saturated heterocycles. The van der Waals surface area contributed by atoms with Crippen LogP contribution in [0.1, 0.15) is 29.8 Å². The molecular weight excluding hydrogens is 413 g/mol. The molecule has 1 aliphatic heterocycles. The summed E-state index contributed by atoms with van der Waals surface area (Å²) in [5.74, 6) is -1.05. The van der Waals surface area contributed by atoms with Crippen molar-refractivity contribution in [2.24, 2.45) is 0 Å². The number of phenols is 1. The number of aromatic hydroxyl groups is 1. The van der Waals surface area contributed by atoms with Gasteiger partial charge in [0.2, 0.25) is 0 Å². The van der Waals surface area contributed by atoms with Crippen molar-refractivity contribution < 1.29 is 14.3 Å². The predicted octanol–water partition coefficient (Wildman–Crippen LogP) is 4.36. The van der Waals surface area contributed by atoms with Crippen molar-refractivity contribution in [1.29, 1.82) is 0 Å². The summed E-state index contributed by atoms with van der Waals surface area (Å²) < 4.78 is 19.3. The number of halogens is 2. The largest absolute Gasteiger partial charge is 0.505 e. The summed E-state index contributed by atoms with van der Waals surface area (Å²) in [6, 6.07) is 7.07. The van der Waals surface area contributed by atoms with Crippen LogP contribution < -0.4 is 5.32 Å². The molecule has 5 nitrogen and oxygen atoms in total. The van der Waals surface area contributed by atoms with Gasteiger partial charge in [0, 0.05) is 36.8 Å². The van der Waals surface area contributed by atoms with Crippen LogP contribution in [0.4, 0.5) is 4.39 Å². The van der Waals surface area contributed by atoms with Crippen molar-refractivity contribution in [2.45, 2.75) is 32.9 Å². The highest BCUT2D eigenvalue weighted by molar-refractivity contribution is 7.13. The molecule has 0 bridgehead atoms. The van der Waals surface area contributed by atoms with Crippen LogP contribution in [0, 0.1) is 12.7 Å². The van der Waals surface area contributed by atoms with E-state index in [0.29, 0.717) is 23.2 Å². The number of piperazine rings is 1. The van der Waals surface area contributed by atoms with Crippen LogP contribution in [-0.4, -0.2) is 45.5 Å². The summed E-state index contributed by atoms with van der Waals surface area (Å²) in [4.78, 5) is 15.3. The molecule has 2 aromatic carbocycles. The summed E-state index contributed by atoms with van der Waals surface area (Å²) >= 11 is 1.29. The quantitative estimate of drug-likeness (QED) is 0.627. The minimum atomic E-state index is -0.640. The number of nitrogens with one attached hydrogen (secondary N) is 1. The first-order chi connectivity index (χ1) is 13.4. The van der Waals surface area contributed by atoms with E-state index in [4.69, 9.17) is 0 Å². The third-order valence-electron chi connectivity index (χ3n) is 5.39. The smallest absolute Gasteiger partial charge is 0.255 e. The molecule has 0 aliphatic carbocycles. The van der Waals surface area contributed by atoms with Crippen molar-refractivity contribution in [1.82, 2.24) is 14.6 Å². The molecule has 4 rings (SSSR count). The monoisotopic (exact) mass is 435 g/mol. The number of benzene rings is 2. The fourth-order valence-corrected chi connectivity index (χ4v) is 4.48. The molecule has 1 aliphatic rings. The predicted molar refractivity (Wildman–Crippen MR) is 117 cm³/mol. The number of carbonyl (C=O) groups is 1. The van der Waals surface area contributed by atoms with Crippen LogP contribution in [0.15, 0.2) is 30.5 Å². The number of hydrogen-bond donors (Lipinski definition) is 2. The maximum atomic E-state index is 14.2. The molecule has 1 amide bonds. The average molecular weight is 436 g/mol. The van der Waals surface area contributed by atoms with E-state index in [2.05, 4.69) is 16.6 Å². The van der Waals surface area contributed by atoms with Crippen LogP contribution in [0.2, 0.25) is 0 Å². The Kier molecular flexibility index (Phi) is 6.12. The number of carbonyl (C=O) groups excluding carboxylic acids is 1. The van der Waals surface area contributed by atoms with Crippen molar-refractivity contribution in [3.05, 3.63) is 47.4 Å². The molecule has 0 unspecified atom stereocenters. The SMILES string of the molecule is Cc1c(-c2cc(C(=O)N3C[C@@H](C)NC[C@@H]3C)c3sncc3c2)ccc(O)c1F.Cl. The van der Waals surface area contributed by atoms with E-state index in [1.54, 1.807) is 19.2 Å². The number of amides is 1. The van der Waals surface area contributed by atoms with Gasteiger partial charge in [0.25, 0.3) is 5.91 Å². The van der Waals surface area contributed by atoms with E-state index in [1.165, 1.54) is 17.6 Å². The Bertz CT molecular complexity index is 1070. The minimum Gasteiger partial charge on any atom is -0.505 e. The van der Waals surface area contributed by atoms with E-state index in [-0.39, 0.29) is 36.1 Å². The molecule has 154 valence electrons. The number of hydrogen-bond acceptors (Lipinski definition) is 5. The second-order valence-electron chi connectivity index (χ2n) is 7.46. The van der Waals surface area contributed by atoms with Crippen molar-refractivity contribution in [3.63, 3.8) is 0 Å². The topological polar surface area (TPSA) is 65.5 Å². The molecule has 2 heterocycles. The Hall–Kier alpha value is -2.22. The second kappa shape index (κ2) is 8.26. The lowest BCUT2D eigenvalue weighted by molar-refractivity contribution is 0.0618. The number of fused-ring (bicyclic) bond motifs is 1.